The minimum atomic E-state index is -0.541. The number of carbonyl (C=O) groups is 3. The first-order valence-electron chi connectivity index (χ1n) is 11.0. The summed E-state index contributed by atoms with van der Waals surface area (Å²) in [7, 11) is 0. The summed E-state index contributed by atoms with van der Waals surface area (Å²) in [5.41, 5.74) is 17.6. The number of aliphatic imine (C=N–C) groups is 1. The topological polar surface area (TPSA) is 157 Å². The summed E-state index contributed by atoms with van der Waals surface area (Å²) in [6, 6.07) is 12.4. The molecule has 0 saturated carbocycles. The van der Waals surface area contributed by atoms with E-state index in [4.69, 9.17) is 21.9 Å². The number of hydrogen-bond acceptors (Lipinski definition) is 6. The van der Waals surface area contributed by atoms with Crippen molar-refractivity contribution in [1.82, 2.24) is 9.80 Å². The lowest BCUT2D eigenvalue weighted by Crippen LogP contribution is -2.56. The van der Waals surface area contributed by atoms with Crippen molar-refractivity contribution in [2.45, 2.75) is 19.9 Å². The highest BCUT2D eigenvalue weighted by Crippen LogP contribution is 2.19. The van der Waals surface area contributed by atoms with E-state index >= 15 is 0 Å². The van der Waals surface area contributed by atoms with Crippen LogP contribution in [0.25, 0.3) is 0 Å². The minimum Gasteiger partial charge on any atom is -0.423 e. The molecule has 34 heavy (non-hydrogen) atoms. The number of hydrogen-bond donors (Lipinski definition) is 3. The third kappa shape index (κ3) is 6.10. The molecule has 180 valence electrons. The Morgan fingerprint density at radius 1 is 0.853 bits per heavy atom. The van der Waals surface area contributed by atoms with Gasteiger partial charge in [-0.15, -0.1) is 0 Å². The van der Waals surface area contributed by atoms with Gasteiger partial charge in [0.15, 0.2) is 5.96 Å². The average Bonchev–Trinajstić information content (AvgIpc) is 2.79. The van der Waals surface area contributed by atoms with Crippen LogP contribution in [0.3, 0.4) is 0 Å². The van der Waals surface area contributed by atoms with E-state index in [-0.39, 0.29) is 29.7 Å². The summed E-state index contributed by atoms with van der Waals surface area (Å²) in [4.78, 5) is 44.7. The van der Waals surface area contributed by atoms with E-state index in [1.54, 1.807) is 53.4 Å². The Hall–Kier alpha value is -3.92. The van der Waals surface area contributed by atoms with Crippen molar-refractivity contribution in [3.63, 3.8) is 0 Å². The number of nitrogens with two attached hydrogens (primary N) is 3. The smallest absolute Gasteiger partial charge is 0.343 e. The Bertz CT molecular complexity index is 1050. The molecule has 1 unspecified atom stereocenters. The van der Waals surface area contributed by atoms with Gasteiger partial charge in [0.2, 0.25) is 5.91 Å². The van der Waals surface area contributed by atoms with Crippen molar-refractivity contribution in [2.24, 2.45) is 28.1 Å². The fraction of sp³-hybridized carbons (Fsp3) is 0.333. The molecule has 3 rings (SSSR count). The zero-order chi connectivity index (χ0) is 24.8. The summed E-state index contributed by atoms with van der Waals surface area (Å²) in [6.07, 6.45) is 0. The van der Waals surface area contributed by atoms with Crippen LogP contribution in [0, 0.1) is 5.92 Å². The number of amides is 2. The molecular formula is C24H30N6O4. The first-order chi connectivity index (χ1) is 16.2. The first-order valence-corrected chi connectivity index (χ1v) is 11.0. The summed E-state index contributed by atoms with van der Waals surface area (Å²) < 4.78 is 5.39. The Labute approximate surface area is 198 Å². The maximum atomic E-state index is 12.9. The second kappa shape index (κ2) is 10.8. The molecule has 0 radical (unpaired) electrons. The standard InChI is InChI=1S/C24H30N6O4/c1-15(2)20(21(25)31)29-11-13-30(14-12-29)22(32)16-5-9-19(10-6-16)34-23(33)17-3-7-18(8-4-17)28-24(26)27/h3-10,15,20H,11-14H2,1-2H3,(H2,25,31)(H4,26,27,28). The number of piperazine rings is 1. The highest BCUT2D eigenvalue weighted by Gasteiger charge is 2.31. The van der Waals surface area contributed by atoms with Gasteiger partial charge in [0.25, 0.3) is 5.91 Å². The molecular weight excluding hydrogens is 436 g/mol. The van der Waals surface area contributed by atoms with E-state index < -0.39 is 5.97 Å². The Kier molecular flexibility index (Phi) is 7.85. The number of carbonyl (C=O) groups excluding carboxylic acids is 3. The van der Waals surface area contributed by atoms with Crippen LogP contribution in [-0.2, 0) is 4.79 Å². The molecule has 0 aliphatic carbocycles. The number of ether oxygens (including phenoxy) is 1. The molecule has 2 aromatic carbocycles. The van der Waals surface area contributed by atoms with Crippen LogP contribution < -0.4 is 21.9 Å². The highest BCUT2D eigenvalue weighted by molar-refractivity contribution is 5.95. The number of guanidine groups is 1. The molecule has 1 aliphatic heterocycles. The summed E-state index contributed by atoms with van der Waals surface area (Å²) in [5.74, 6) is -0.650. The normalized spacial score (nSPS) is 15.0. The fourth-order valence-corrected chi connectivity index (χ4v) is 3.97. The van der Waals surface area contributed by atoms with Crippen LogP contribution in [0.5, 0.6) is 5.75 Å². The molecule has 1 atom stereocenters. The summed E-state index contributed by atoms with van der Waals surface area (Å²) >= 11 is 0. The van der Waals surface area contributed by atoms with E-state index in [0.29, 0.717) is 48.7 Å². The quantitative estimate of drug-likeness (QED) is 0.238. The van der Waals surface area contributed by atoms with Crippen molar-refractivity contribution < 1.29 is 19.1 Å². The predicted molar refractivity (Wildman–Crippen MR) is 129 cm³/mol. The van der Waals surface area contributed by atoms with E-state index in [9.17, 15) is 14.4 Å². The maximum Gasteiger partial charge on any atom is 0.343 e. The van der Waals surface area contributed by atoms with Crippen LogP contribution in [0.15, 0.2) is 53.5 Å². The van der Waals surface area contributed by atoms with Gasteiger partial charge in [-0.05, 0) is 54.4 Å². The van der Waals surface area contributed by atoms with Gasteiger partial charge in [0.05, 0.1) is 17.3 Å². The molecule has 1 heterocycles. The summed E-state index contributed by atoms with van der Waals surface area (Å²) in [5, 5.41) is 0. The predicted octanol–water partition coefficient (Wildman–Crippen LogP) is 1.08. The van der Waals surface area contributed by atoms with Crippen molar-refractivity contribution in [3.8, 4) is 5.75 Å². The Morgan fingerprint density at radius 3 is 1.91 bits per heavy atom. The molecule has 1 saturated heterocycles. The second-order valence-corrected chi connectivity index (χ2v) is 8.42. The van der Waals surface area contributed by atoms with Crippen molar-refractivity contribution in [2.75, 3.05) is 26.2 Å². The molecule has 0 aromatic heterocycles. The van der Waals surface area contributed by atoms with E-state index in [1.807, 2.05) is 18.7 Å². The zero-order valence-electron chi connectivity index (χ0n) is 19.3. The van der Waals surface area contributed by atoms with Gasteiger partial charge in [-0.25, -0.2) is 9.79 Å². The van der Waals surface area contributed by atoms with Gasteiger partial charge in [-0.2, -0.15) is 0 Å². The fourth-order valence-electron chi connectivity index (χ4n) is 3.97. The molecule has 1 aliphatic rings. The molecule has 10 nitrogen and oxygen atoms in total. The van der Waals surface area contributed by atoms with E-state index in [0.717, 1.165) is 0 Å². The monoisotopic (exact) mass is 466 g/mol. The number of primary amides is 1. The molecule has 10 heteroatoms. The lowest BCUT2D eigenvalue weighted by atomic mass is 10.0. The molecule has 0 spiro atoms. The Balaban J connectivity index is 1.57. The largest absolute Gasteiger partial charge is 0.423 e. The number of benzene rings is 2. The SMILES string of the molecule is CC(C)C(C(N)=O)N1CCN(C(=O)c2ccc(OC(=O)c3ccc(N=C(N)N)cc3)cc2)CC1. The minimum absolute atomic E-state index is 0.0720. The second-order valence-electron chi connectivity index (χ2n) is 8.42. The van der Waals surface area contributed by atoms with Crippen molar-refractivity contribution in [3.05, 3.63) is 59.7 Å². The lowest BCUT2D eigenvalue weighted by molar-refractivity contribution is -0.125. The van der Waals surface area contributed by atoms with Gasteiger partial charge >= 0.3 is 5.97 Å². The Morgan fingerprint density at radius 2 is 1.41 bits per heavy atom. The van der Waals surface area contributed by atoms with Crippen LogP contribution in [0.4, 0.5) is 5.69 Å². The third-order valence-corrected chi connectivity index (χ3v) is 5.59. The highest BCUT2D eigenvalue weighted by atomic mass is 16.5. The van der Waals surface area contributed by atoms with E-state index in [1.165, 1.54) is 0 Å². The third-order valence-electron chi connectivity index (χ3n) is 5.59. The molecule has 2 aromatic rings. The first kappa shape index (κ1) is 24.7. The van der Waals surface area contributed by atoms with Gasteiger partial charge in [0.1, 0.15) is 5.75 Å². The van der Waals surface area contributed by atoms with Crippen LogP contribution in [0.1, 0.15) is 34.6 Å². The maximum absolute atomic E-state index is 12.9. The average molecular weight is 467 g/mol. The zero-order valence-corrected chi connectivity index (χ0v) is 19.3. The number of rotatable bonds is 7. The van der Waals surface area contributed by atoms with Crippen molar-refractivity contribution in [1.29, 1.82) is 0 Å². The van der Waals surface area contributed by atoms with Gasteiger partial charge in [0, 0.05) is 31.7 Å². The van der Waals surface area contributed by atoms with Gasteiger partial charge < -0.3 is 26.8 Å². The van der Waals surface area contributed by atoms with Gasteiger partial charge in [-0.1, -0.05) is 13.8 Å². The van der Waals surface area contributed by atoms with Crippen LogP contribution in [-0.4, -0.2) is 65.8 Å². The molecule has 6 N–H and O–H groups in total. The number of esters is 1. The van der Waals surface area contributed by atoms with Crippen LogP contribution >= 0.6 is 0 Å². The molecule has 2 amide bonds. The van der Waals surface area contributed by atoms with Crippen molar-refractivity contribution >= 4 is 29.4 Å². The summed E-state index contributed by atoms with van der Waals surface area (Å²) in [6.45, 7) is 6.08. The number of nitrogens with zero attached hydrogens (tertiary/aromatic N) is 3. The lowest BCUT2D eigenvalue weighted by Gasteiger charge is -2.39. The van der Waals surface area contributed by atoms with Gasteiger partial charge in [-0.3, -0.25) is 14.5 Å². The van der Waals surface area contributed by atoms with Crippen LogP contribution in [0.2, 0.25) is 0 Å². The van der Waals surface area contributed by atoms with E-state index in [2.05, 4.69) is 4.99 Å². The molecule has 0 bridgehead atoms. The molecule has 1 fully saturated rings.